The summed E-state index contributed by atoms with van der Waals surface area (Å²) in [4.78, 5) is 7.97. The van der Waals surface area contributed by atoms with Crippen LogP contribution >= 0.6 is 11.3 Å². The number of aryl methyl sites for hydroxylation is 1. The molecule has 0 aliphatic carbocycles. The summed E-state index contributed by atoms with van der Waals surface area (Å²) < 4.78 is 0. The van der Waals surface area contributed by atoms with Crippen molar-refractivity contribution in [3.05, 3.63) is 46.5 Å². The molecule has 1 aromatic carbocycles. The Morgan fingerprint density at radius 3 is 2.30 bits per heavy atom. The topological polar surface area (TPSA) is 28.2 Å². The molecule has 1 aromatic heterocycles. The fourth-order valence-corrected chi connectivity index (χ4v) is 2.74. The maximum Gasteiger partial charge on any atom is 0.183 e. The summed E-state index contributed by atoms with van der Waals surface area (Å²) in [5.41, 5.74) is 2.67. The van der Waals surface area contributed by atoms with Crippen LogP contribution in [0.2, 0.25) is 0 Å². The smallest absolute Gasteiger partial charge is 0.183 e. The van der Waals surface area contributed by atoms with E-state index in [-0.39, 0.29) is 0 Å². The van der Waals surface area contributed by atoms with Gasteiger partial charge in [0.15, 0.2) is 5.13 Å². The Bertz CT molecular complexity index is 515. The molecule has 0 saturated carbocycles. The molecule has 0 atom stereocenters. The SMILES string of the molecule is CCN(CC)Cc1ccc(CNc2ncc(C)s2)cc1. The number of nitrogens with one attached hydrogen (secondary N) is 1. The average molecular weight is 289 g/mol. The Kier molecular flexibility index (Phi) is 5.56. The quantitative estimate of drug-likeness (QED) is 0.837. The van der Waals surface area contributed by atoms with Crippen LogP contribution in [0.3, 0.4) is 0 Å². The van der Waals surface area contributed by atoms with Crippen LogP contribution in [0.25, 0.3) is 0 Å². The predicted molar refractivity (Wildman–Crippen MR) is 87.2 cm³/mol. The van der Waals surface area contributed by atoms with E-state index in [0.717, 1.165) is 31.3 Å². The first-order chi connectivity index (χ1) is 9.71. The van der Waals surface area contributed by atoms with Crippen molar-refractivity contribution < 1.29 is 0 Å². The lowest BCUT2D eigenvalue weighted by molar-refractivity contribution is 0.296. The lowest BCUT2D eigenvalue weighted by Gasteiger charge is -2.18. The number of thiazole rings is 1. The first kappa shape index (κ1) is 15.0. The Morgan fingerprint density at radius 1 is 1.10 bits per heavy atom. The van der Waals surface area contributed by atoms with E-state index >= 15 is 0 Å². The van der Waals surface area contributed by atoms with E-state index in [1.807, 2.05) is 6.20 Å². The molecule has 0 saturated heterocycles. The Balaban J connectivity index is 1.88. The van der Waals surface area contributed by atoms with Crippen LogP contribution in [0.15, 0.2) is 30.5 Å². The van der Waals surface area contributed by atoms with Crippen LogP contribution in [0.4, 0.5) is 5.13 Å². The fraction of sp³-hybridized carbons (Fsp3) is 0.438. The van der Waals surface area contributed by atoms with Gasteiger partial charge in [-0.25, -0.2) is 4.98 Å². The summed E-state index contributed by atoms with van der Waals surface area (Å²) in [6.07, 6.45) is 1.90. The Labute approximate surface area is 125 Å². The highest BCUT2D eigenvalue weighted by Gasteiger charge is 2.02. The highest BCUT2D eigenvalue weighted by Crippen LogP contribution is 2.17. The molecule has 0 radical (unpaired) electrons. The second-order valence-corrected chi connectivity index (χ2v) is 6.14. The van der Waals surface area contributed by atoms with Crippen LogP contribution in [-0.2, 0) is 13.1 Å². The summed E-state index contributed by atoms with van der Waals surface area (Å²) in [5.74, 6) is 0. The number of aromatic nitrogens is 1. The molecule has 2 aromatic rings. The lowest BCUT2D eigenvalue weighted by Crippen LogP contribution is -2.22. The predicted octanol–water partition coefficient (Wildman–Crippen LogP) is 3.91. The first-order valence-electron chi connectivity index (χ1n) is 7.17. The fourth-order valence-electron chi connectivity index (χ4n) is 2.08. The van der Waals surface area contributed by atoms with Gasteiger partial charge in [0, 0.05) is 24.2 Å². The molecular formula is C16H23N3S. The zero-order chi connectivity index (χ0) is 14.4. The van der Waals surface area contributed by atoms with Crippen molar-refractivity contribution in [2.45, 2.75) is 33.9 Å². The summed E-state index contributed by atoms with van der Waals surface area (Å²) in [5, 5.41) is 4.36. The van der Waals surface area contributed by atoms with E-state index in [1.165, 1.54) is 16.0 Å². The van der Waals surface area contributed by atoms with Crippen molar-refractivity contribution in [1.82, 2.24) is 9.88 Å². The van der Waals surface area contributed by atoms with Gasteiger partial charge in [-0.15, -0.1) is 11.3 Å². The largest absolute Gasteiger partial charge is 0.357 e. The number of anilines is 1. The average Bonchev–Trinajstić information content (AvgIpc) is 2.89. The maximum absolute atomic E-state index is 4.31. The zero-order valence-electron chi connectivity index (χ0n) is 12.5. The van der Waals surface area contributed by atoms with E-state index in [2.05, 4.69) is 60.2 Å². The van der Waals surface area contributed by atoms with E-state index in [9.17, 15) is 0 Å². The van der Waals surface area contributed by atoms with Crippen LogP contribution in [-0.4, -0.2) is 23.0 Å². The van der Waals surface area contributed by atoms with Gasteiger partial charge in [0.2, 0.25) is 0 Å². The van der Waals surface area contributed by atoms with Crippen LogP contribution in [0, 0.1) is 6.92 Å². The van der Waals surface area contributed by atoms with Crippen LogP contribution in [0.5, 0.6) is 0 Å². The molecule has 0 amide bonds. The number of hydrogen-bond donors (Lipinski definition) is 1. The minimum absolute atomic E-state index is 0.832. The van der Waals surface area contributed by atoms with E-state index in [1.54, 1.807) is 11.3 Å². The molecule has 3 nitrogen and oxygen atoms in total. The van der Waals surface area contributed by atoms with Gasteiger partial charge in [-0.3, -0.25) is 4.90 Å². The van der Waals surface area contributed by atoms with Crippen molar-refractivity contribution in [3.63, 3.8) is 0 Å². The van der Waals surface area contributed by atoms with Crippen molar-refractivity contribution in [3.8, 4) is 0 Å². The third-order valence-electron chi connectivity index (χ3n) is 3.39. The molecule has 2 rings (SSSR count). The van der Waals surface area contributed by atoms with Gasteiger partial charge in [-0.05, 0) is 31.1 Å². The van der Waals surface area contributed by atoms with Gasteiger partial charge in [0.25, 0.3) is 0 Å². The molecule has 1 heterocycles. The van der Waals surface area contributed by atoms with Gasteiger partial charge in [-0.1, -0.05) is 38.1 Å². The zero-order valence-corrected chi connectivity index (χ0v) is 13.3. The molecule has 0 unspecified atom stereocenters. The molecule has 1 N–H and O–H groups in total. The van der Waals surface area contributed by atoms with Gasteiger partial charge in [0.1, 0.15) is 0 Å². The highest BCUT2D eigenvalue weighted by atomic mass is 32.1. The normalized spacial score (nSPS) is 11.0. The van der Waals surface area contributed by atoms with E-state index < -0.39 is 0 Å². The van der Waals surface area contributed by atoms with Gasteiger partial charge in [0.05, 0.1) is 0 Å². The molecular weight excluding hydrogens is 266 g/mol. The molecule has 0 fully saturated rings. The third kappa shape index (κ3) is 4.32. The second-order valence-electron chi connectivity index (χ2n) is 4.91. The first-order valence-corrected chi connectivity index (χ1v) is 7.99. The van der Waals surface area contributed by atoms with Crippen LogP contribution < -0.4 is 5.32 Å². The van der Waals surface area contributed by atoms with Crippen molar-refractivity contribution >= 4 is 16.5 Å². The van der Waals surface area contributed by atoms with Gasteiger partial charge < -0.3 is 5.32 Å². The van der Waals surface area contributed by atoms with Crippen molar-refractivity contribution in [1.29, 1.82) is 0 Å². The van der Waals surface area contributed by atoms with E-state index in [0.29, 0.717) is 0 Å². The molecule has 20 heavy (non-hydrogen) atoms. The molecule has 108 valence electrons. The summed E-state index contributed by atoms with van der Waals surface area (Å²) in [6, 6.07) is 8.85. The summed E-state index contributed by atoms with van der Waals surface area (Å²) in [6.45, 7) is 10.6. The lowest BCUT2D eigenvalue weighted by atomic mass is 10.1. The summed E-state index contributed by atoms with van der Waals surface area (Å²) in [7, 11) is 0. The van der Waals surface area contributed by atoms with Gasteiger partial charge in [-0.2, -0.15) is 0 Å². The monoisotopic (exact) mass is 289 g/mol. The number of benzene rings is 1. The molecule has 0 aliphatic heterocycles. The molecule has 0 spiro atoms. The van der Waals surface area contributed by atoms with Crippen molar-refractivity contribution in [2.24, 2.45) is 0 Å². The van der Waals surface area contributed by atoms with Gasteiger partial charge >= 0.3 is 0 Å². The van der Waals surface area contributed by atoms with Crippen molar-refractivity contribution in [2.75, 3.05) is 18.4 Å². The standard InChI is InChI=1S/C16H23N3S/c1-4-19(5-2)12-15-8-6-14(7-9-15)11-18-16-17-10-13(3)20-16/h6-10H,4-5,11-12H2,1-3H3,(H,17,18). The molecule has 0 aliphatic rings. The van der Waals surface area contributed by atoms with E-state index in [4.69, 9.17) is 0 Å². The third-order valence-corrected chi connectivity index (χ3v) is 4.26. The minimum Gasteiger partial charge on any atom is -0.357 e. The Hall–Kier alpha value is -1.39. The second kappa shape index (κ2) is 7.41. The Morgan fingerprint density at radius 2 is 1.75 bits per heavy atom. The number of rotatable bonds is 7. The summed E-state index contributed by atoms with van der Waals surface area (Å²) >= 11 is 1.70. The minimum atomic E-state index is 0.832. The maximum atomic E-state index is 4.31. The highest BCUT2D eigenvalue weighted by molar-refractivity contribution is 7.15. The molecule has 0 bridgehead atoms. The van der Waals surface area contributed by atoms with Crippen LogP contribution in [0.1, 0.15) is 29.9 Å². The number of nitrogens with zero attached hydrogens (tertiary/aromatic N) is 2. The molecule has 4 heteroatoms. The number of hydrogen-bond acceptors (Lipinski definition) is 4.